The van der Waals surface area contributed by atoms with Crippen LogP contribution in [0.5, 0.6) is 11.5 Å². The van der Waals surface area contributed by atoms with Crippen LogP contribution >= 0.6 is 24.0 Å². The smallest absolute Gasteiger partial charge is 0.263 e. The van der Waals surface area contributed by atoms with Crippen molar-refractivity contribution in [2.45, 2.75) is 59.1 Å². The van der Waals surface area contributed by atoms with E-state index in [9.17, 15) is 4.79 Å². The lowest BCUT2D eigenvalue weighted by molar-refractivity contribution is -0.668. The lowest BCUT2D eigenvalue weighted by atomic mass is 9.81. The quantitative estimate of drug-likeness (QED) is 0.109. The Morgan fingerprint density at radius 1 is 0.977 bits per heavy atom. The van der Waals surface area contributed by atoms with Crippen molar-refractivity contribution in [2.24, 2.45) is 0 Å². The van der Waals surface area contributed by atoms with E-state index in [1.54, 1.807) is 18.4 Å². The minimum Gasteiger partial charge on any atom is -0.497 e. The van der Waals surface area contributed by atoms with E-state index in [0.29, 0.717) is 17.8 Å². The van der Waals surface area contributed by atoms with E-state index in [2.05, 4.69) is 79.6 Å². The molecule has 3 aromatic carbocycles. The van der Waals surface area contributed by atoms with Crippen LogP contribution in [0.2, 0.25) is 0 Å². The number of rotatable bonds is 10. The molecule has 0 fully saturated rings. The average molecular weight is 624 g/mol. The van der Waals surface area contributed by atoms with Gasteiger partial charge in [-0.05, 0) is 47.9 Å². The summed E-state index contributed by atoms with van der Waals surface area (Å²) in [5.74, 6) is 1.71. The third kappa shape index (κ3) is 5.37. The predicted molar refractivity (Wildman–Crippen MR) is 184 cm³/mol. The Morgan fingerprint density at radius 2 is 1.75 bits per heavy atom. The molecule has 0 N–H and O–H groups in total. The first-order chi connectivity index (χ1) is 21.3. The van der Waals surface area contributed by atoms with Crippen LogP contribution in [0.3, 0.4) is 0 Å². The highest BCUT2D eigenvalue weighted by atomic mass is 32.1. The van der Waals surface area contributed by atoms with Crippen LogP contribution in [0.15, 0.2) is 94.6 Å². The van der Waals surface area contributed by atoms with E-state index in [1.807, 2.05) is 36.4 Å². The summed E-state index contributed by atoms with van der Waals surface area (Å²) in [4.78, 5) is 16.8. The molecule has 1 aliphatic carbocycles. The lowest BCUT2D eigenvalue weighted by Crippen LogP contribution is -2.35. The number of Topliss-reactive ketones (excluding diaryl/α,β-unsaturated/α-hetero) is 1. The maximum atomic E-state index is 13.7. The number of hydrogen-bond donors (Lipinski definition) is 1. The summed E-state index contributed by atoms with van der Waals surface area (Å²) in [6.45, 7) is 11.0. The third-order valence-electron chi connectivity index (χ3n) is 8.49. The Bertz CT molecular complexity index is 1830. The molecule has 2 aliphatic rings. The second-order valence-corrected chi connectivity index (χ2v) is 13.3. The second-order valence-electron chi connectivity index (χ2n) is 11.8. The van der Waals surface area contributed by atoms with E-state index in [-0.39, 0.29) is 11.2 Å². The molecule has 6 rings (SSSR count). The van der Waals surface area contributed by atoms with E-state index >= 15 is 0 Å². The van der Waals surface area contributed by atoms with E-state index in [1.165, 1.54) is 11.3 Å². The molecular weight excluding hydrogens is 585 g/mol. The van der Waals surface area contributed by atoms with Crippen LogP contribution in [0.4, 0.5) is 5.69 Å². The van der Waals surface area contributed by atoms with Gasteiger partial charge in [0.05, 0.1) is 7.11 Å². The van der Waals surface area contributed by atoms with Gasteiger partial charge in [0.2, 0.25) is 5.52 Å². The van der Waals surface area contributed by atoms with Crippen molar-refractivity contribution in [1.82, 2.24) is 0 Å². The number of aromatic nitrogens is 1. The Balaban J connectivity index is 1.33. The highest BCUT2D eigenvalue weighted by molar-refractivity contribution is 7.85. The van der Waals surface area contributed by atoms with Crippen molar-refractivity contribution in [2.75, 3.05) is 18.6 Å². The molecule has 7 heteroatoms. The molecule has 0 radical (unpaired) electrons. The zero-order valence-corrected chi connectivity index (χ0v) is 27.7. The summed E-state index contributed by atoms with van der Waals surface area (Å²) in [6, 6.07) is 22.7. The van der Waals surface area contributed by atoms with Gasteiger partial charge in [-0.15, -0.1) is 12.6 Å². The van der Waals surface area contributed by atoms with Crippen LogP contribution in [0, 0.1) is 0 Å². The third-order valence-corrected chi connectivity index (χ3v) is 10.1. The van der Waals surface area contributed by atoms with Crippen molar-refractivity contribution < 1.29 is 18.8 Å². The normalized spacial score (nSPS) is 17.5. The number of anilines is 1. The molecule has 0 bridgehead atoms. The van der Waals surface area contributed by atoms with Crippen molar-refractivity contribution in [3.8, 4) is 11.5 Å². The molecule has 5 nitrogen and oxygen atoms in total. The summed E-state index contributed by atoms with van der Waals surface area (Å²) in [5, 5.41) is 1.04. The number of benzene rings is 3. The van der Waals surface area contributed by atoms with Gasteiger partial charge in [0.25, 0.3) is 5.01 Å². The summed E-state index contributed by atoms with van der Waals surface area (Å²) in [5.41, 5.74) is 6.82. The first-order valence-electron chi connectivity index (χ1n) is 15.3. The standard InChI is InChI=1S/C37H38N2O3S2/c1-6-17-38-30-15-13-25(41-5)19-29(30)37(3,4)33(38)21-27-35(40)28(36(27)43)22-34-39(18-7-2)31-16-14-26(20-32(31)44-34)42-23-24-11-9-8-10-12-24/h8-16,19-22H,6-7,17-18,23H2,1-5H3/p+1. The minimum atomic E-state index is -0.282. The largest absolute Gasteiger partial charge is 0.497 e. The van der Waals surface area contributed by atoms with Crippen molar-refractivity contribution in [3.05, 3.63) is 111 Å². The number of aryl methyl sites for hydroxylation is 1. The molecular formula is C37H39N2O3S2+. The van der Waals surface area contributed by atoms with Gasteiger partial charge in [0.15, 0.2) is 5.78 Å². The van der Waals surface area contributed by atoms with E-state index < -0.39 is 0 Å². The summed E-state index contributed by atoms with van der Waals surface area (Å²) in [6.07, 6.45) is 6.06. The fourth-order valence-corrected chi connectivity index (χ4v) is 7.65. The summed E-state index contributed by atoms with van der Waals surface area (Å²) < 4.78 is 15.1. The number of thiol groups is 1. The molecule has 0 spiro atoms. The van der Waals surface area contributed by atoms with Crippen LogP contribution in [-0.4, -0.2) is 19.4 Å². The first-order valence-corrected chi connectivity index (χ1v) is 16.5. The Kier molecular flexibility index (Phi) is 8.44. The summed E-state index contributed by atoms with van der Waals surface area (Å²) >= 11 is 6.56. The van der Waals surface area contributed by atoms with Gasteiger partial charge in [-0.2, -0.15) is 4.57 Å². The molecule has 1 aromatic heterocycles. The highest BCUT2D eigenvalue weighted by Crippen LogP contribution is 2.50. The van der Waals surface area contributed by atoms with Gasteiger partial charge in [0.1, 0.15) is 29.4 Å². The van der Waals surface area contributed by atoms with E-state index in [0.717, 1.165) is 68.8 Å². The first kappa shape index (κ1) is 30.2. The fraction of sp³-hybridized carbons (Fsp3) is 0.297. The van der Waals surface area contributed by atoms with Crippen molar-refractivity contribution in [1.29, 1.82) is 0 Å². The molecule has 0 unspecified atom stereocenters. The predicted octanol–water partition coefficient (Wildman–Crippen LogP) is 8.43. The van der Waals surface area contributed by atoms with Crippen LogP contribution < -0.4 is 18.9 Å². The number of carbonyl (C=O) groups is 1. The number of carbonyl (C=O) groups excluding carboxylic acids is 1. The van der Waals surface area contributed by atoms with E-state index in [4.69, 9.17) is 22.1 Å². The van der Waals surface area contributed by atoms with Crippen LogP contribution in [0.25, 0.3) is 16.3 Å². The zero-order chi connectivity index (χ0) is 31.0. The van der Waals surface area contributed by atoms with Crippen molar-refractivity contribution in [3.63, 3.8) is 0 Å². The van der Waals surface area contributed by atoms with Crippen LogP contribution in [-0.2, 0) is 23.4 Å². The van der Waals surface area contributed by atoms with Gasteiger partial charge < -0.3 is 14.4 Å². The number of ether oxygens (including phenoxy) is 2. The Labute approximate surface area is 269 Å². The van der Waals surface area contributed by atoms with Gasteiger partial charge in [-0.25, -0.2) is 0 Å². The van der Waals surface area contributed by atoms with Crippen LogP contribution in [0.1, 0.15) is 56.7 Å². The number of thiazole rings is 1. The molecule has 0 saturated heterocycles. The number of nitrogens with zero attached hydrogens (tertiary/aromatic N) is 2. The molecule has 0 amide bonds. The Hall–Kier alpha value is -3.81. The number of ketones is 1. The molecule has 44 heavy (non-hydrogen) atoms. The average Bonchev–Trinajstić information content (AvgIpc) is 3.48. The van der Waals surface area contributed by atoms with Gasteiger partial charge in [0, 0.05) is 64.0 Å². The molecule has 2 heterocycles. The Morgan fingerprint density at radius 3 is 2.45 bits per heavy atom. The number of hydrogen-bond acceptors (Lipinski definition) is 6. The van der Waals surface area contributed by atoms with Gasteiger partial charge in [-0.1, -0.05) is 69.4 Å². The number of methoxy groups -OCH3 is 1. The van der Waals surface area contributed by atoms with Gasteiger partial charge >= 0.3 is 0 Å². The highest BCUT2D eigenvalue weighted by Gasteiger charge is 2.42. The SMILES string of the molecule is CCCN1C(=CC2=C(S)C(=Cc3sc4cc(OCc5ccccc5)ccc4[n+]3CCC)C2=O)C(C)(C)c2cc(OC)ccc21. The molecule has 226 valence electrons. The summed E-state index contributed by atoms with van der Waals surface area (Å²) in [7, 11) is 1.70. The second kappa shape index (κ2) is 12.3. The maximum Gasteiger partial charge on any atom is 0.263 e. The monoisotopic (exact) mass is 623 g/mol. The number of allylic oxidation sites excluding steroid dienone is 4. The topological polar surface area (TPSA) is 42.7 Å². The lowest BCUT2D eigenvalue weighted by Gasteiger charge is -2.29. The van der Waals surface area contributed by atoms with Gasteiger partial charge in [-0.3, -0.25) is 4.79 Å². The molecule has 0 saturated carbocycles. The molecule has 1 aliphatic heterocycles. The fourth-order valence-electron chi connectivity index (χ4n) is 6.15. The minimum absolute atomic E-state index is 0.0377. The van der Waals surface area contributed by atoms with Crippen molar-refractivity contribution >= 4 is 51.7 Å². The number of fused-ring (bicyclic) bond motifs is 2. The molecule has 0 atom stereocenters. The zero-order valence-electron chi connectivity index (χ0n) is 26.0. The molecule has 4 aromatic rings. The maximum absolute atomic E-state index is 13.7.